The van der Waals surface area contributed by atoms with Crippen LogP contribution in [-0.4, -0.2) is 0 Å². The van der Waals surface area contributed by atoms with Crippen LogP contribution >= 0.6 is 34.8 Å². The quantitative estimate of drug-likeness (QED) is 0.654. The zero-order valence-electron chi connectivity index (χ0n) is 6.15. The average Bonchev–Trinajstić information content (AvgIpc) is 1.96. The van der Waals surface area contributed by atoms with Crippen LogP contribution in [0.1, 0.15) is 5.56 Å². The van der Waals surface area contributed by atoms with E-state index in [1.807, 2.05) is 0 Å². The fourth-order valence-corrected chi connectivity index (χ4v) is 1.77. The van der Waals surface area contributed by atoms with E-state index < -0.39 is 0 Å². The maximum Gasteiger partial charge on any atom is 0.0508 e. The topological polar surface area (TPSA) is 0 Å². The van der Waals surface area contributed by atoms with Crippen molar-refractivity contribution in [2.75, 3.05) is 0 Å². The van der Waals surface area contributed by atoms with Gasteiger partial charge in [-0.3, -0.25) is 0 Å². The molecule has 0 fully saturated rings. The predicted octanol–water partition coefficient (Wildman–Crippen LogP) is 4.49. The zero-order valence-corrected chi connectivity index (χ0v) is 8.42. The zero-order chi connectivity index (χ0) is 9.14. The molecule has 0 saturated carbocycles. The Morgan fingerprint density at radius 3 is 2.00 bits per heavy atom. The minimum absolute atomic E-state index is 0.534. The Kier molecular flexibility index (Phi) is 3.45. The lowest BCUT2D eigenvalue weighted by Crippen LogP contribution is -1.77. The molecule has 1 rings (SSSR count). The van der Waals surface area contributed by atoms with Crippen LogP contribution < -0.4 is 0 Å². The van der Waals surface area contributed by atoms with Crippen LogP contribution in [0.2, 0.25) is 15.1 Å². The molecule has 0 heterocycles. The second kappa shape index (κ2) is 4.18. The summed E-state index contributed by atoms with van der Waals surface area (Å²) in [5.41, 5.74) is 0.748. The van der Waals surface area contributed by atoms with Crippen molar-refractivity contribution in [1.82, 2.24) is 0 Å². The van der Waals surface area contributed by atoms with Crippen molar-refractivity contribution in [2.45, 2.75) is 0 Å². The van der Waals surface area contributed by atoms with Gasteiger partial charge in [-0.1, -0.05) is 47.0 Å². The van der Waals surface area contributed by atoms with Gasteiger partial charge >= 0.3 is 0 Å². The summed E-state index contributed by atoms with van der Waals surface area (Å²) in [6, 6.07) is 3.29. The van der Waals surface area contributed by atoms with E-state index in [0.29, 0.717) is 15.1 Å². The highest BCUT2D eigenvalue weighted by atomic mass is 35.5. The molecule has 0 aliphatic rings. The van der Waals surface area contributed by atoms with Crippen LogP contribution in [0.5, 0.6) is 0 Å². The van der Waals surface area contributed by atoms with Crippen molar-refractivity contribution in [3.63, 3.8) is 0 Å². The lowest BCUT2D eigenvalue weighted by Gasteiger charge is -2.01. The molecule has 0 unspecified atom stereocenters. The third-order valence-electron chi connectivity index (χ3n) is 1.33. The van der Waals surface area contributed by atoms with Gasteiger partial charge < -0.3 is 0 Å². The van der Waals surface area contributed by atoms with Crippen molar-refractivity contribution in [2.24, 2.45) is 0 Å². The molecule has 0 aliphatic heterocycles. The smallest absolute Gasteiger partial charge is 0.0508 e. The maximum atomic E-state index is 5.87. The number of benzene rings is 1. The Hall–Kier alpha value is -0.170. The Morgan fingerprint density at radius 2 is 1.58 bits per heavy atom. The van der Waals surface area contributed by atoms with E-state index in [2.05, 4.69) is 6.92 Å². The second-order valence-corrected chi connectivity index (χ2v) is 3.44. The molecule has 1 radical (unpaired) electrons. The van der Waals surface area contributed by atoms with Gasteiger partial charge in [0.25, 0.3) is 0 Å². The predicted molar refractivity (Wildman–Crippen MR) is 55.9 cm³/mol. The molecule has 0 bridgehead atoms. The molecule has 1 aromatic rings. The molecule has 0 saturated heterocycles. The van der Waals surface area contributed by atoms with Crippen molar-refractivity contribution >= 4 is 40.9 Å². The molecular weight excluding hydrogens is 214 g/mol. The van der Waals surface area contributed by atoms with Gasteiger partial charge in [0.1, 0.15) is 0 Å². The van der Waals surface area contributed by atoms with Gasteiger partial charge in [-0.15, -0.1) is 0 Å². The van der Waals surface area contributed by atoms with Crippen LogP contribution in [0.25, 0.3) is 6.08 Å². The molecule has 0 spiro atoms. The minimum Gasteiger partial charge on any atom is -0.0842 e. The highest BCUT2D eigenvalue weighted by Gasteiger charge is 2.03. The summed E-state index contributed by atoms with van der Waals surface area (Å²) >= 11 is 17.4. The summed E-state index contributed by atoms with van der Waals surface area (Å²) in [5, 5.41) is 1.60. The van der Waals surface area contributed by atoms with E-state index in [1.165, 1.54) is 0 Å². The molecule has 0 aliphatic carbocycles. The monoisotopic (exact) mass is 219 g/mol. The van der Waals surface area contributed by atoms with E-state index >= 15 is 0 Å². The van der Waals surface area contributed by atoms with Crippen LogP contribution in [0.3, 0.4) is 0 Å². The van der Waals surface area contributed by atoms with E-state index in [9.17, 15) is 0 Å². The molecule has 0 amide bonds. The fraction of sp³-hybridized carbons (Fsp3) is 0. The Balaban J connectivity index is 3.28. The normalized spacial score (nSPS) is 11.0. The van der Waals surface area contributed by atoms with Crippen molar-refractivity contribution < 1.29 is 0 Å². The van der Waals surface area contributed by atoms with Crippen LogP contribution in [-0.2, 0) is 0 Å². The van der Waals surface area contributed by atoms with Crippen molar-refractivity contribution in [1.29, 1.82) is 0 Å². The maximum absolute atomic E-state index is 5.87. The molecule has 3 heteroatoms. The fourth-order valence-electron chi connectivity index (χ4n) is 0.830. The number of hydrogen-bond donors (Lipinski definition) is 0. The molecule has 0 atom stereocenters. The van der Waals surface area contributed by atoms with Gasteiger partial charge in [-0.25, -0.2) is 0 Å². The largest absolute Gasteiger partial charge is 0.0842 e. The Morgan fingerprint density at radius 1 is 1.08 bits per heavy atom. The summed E-state index contributed by atoms with van der Waals surface area (Å²) in [5.74, 6) is 0. The molecule has 63 valence electrons. The highest BCUT2D eigenvalue weighted by Crippen LogP contribution is 2.29. The summed E-state index contributed by atoms with van der Waals surface area (Å²) in [4.78, 5) is 0. The third-order valence-corrected chi connectivity index (χ3v) is 2.17. The van der Waals surface area contributed by atoms with Crippen molar-refractivity contribution in [3.05, 3.63) is 45.8 Å². The van der Waals surface area contributed by atoms with Crippen LogP contribution in [0, 0.1) is 6.92 Å². The first-order valence-electron chi connectivity index (χ1n) is 3.25. The summed E-state index contributed by atoms with van der Waals surface area (Å²) in [6.45, 7) is 3.55. The second-order valence-electron chi connectivity index (χ2n) is 2.19. The minimum atomic E-state index is 0.534. The molecule has 12 heavy (non-hydrogen) atoms. The van der Waals surface area contributed by atoms with E-state index in [0.717, 1.165) is 5.56 Å². The first-order valence-corrected chi connectivity index (χ1v) is 4.39. The highest BCUT2D eigenvalue weighted by molar-refractivity contribution is 6.40. The van der Waals surface area contributed by atoms with Crippen LogP contribution in [0.4, 0.5) is 0 Å². The standard InChI is InChI=1S/C9H6Cl3/c1-2-3-7-8(11)4-6(10)5-9(7)12/h2-5H,1H2. The average molecular weight is 221 g/mol. The number of allylic oxidation sites excluding steroid dienone is 1. The molecule has 0 nitrogen and oxygen atoms in total. The Bertz CT molecular complexity index is 293. The number of hydrogen-bond acceptors (Lipinski definition) is 0. The van der Waals surface area contributed by atoms with Crippen LogP contribution in [0.15, 0.2) is 18.2 Å². The van der Waals surface area contributed by atoms with Gasteiger partial charge in [0.2, 0.25) is 0 Å². The van der Waals surface area contributed by atoms with Crippen molar-refractivity contribution in [3.8, 4) is 0 Å². The molecule has 0 N–H and O–H groups in total. The van der Waals surface area contributed by atoms with Gasteiger partial charge in [0.15, 0.2) is 0 Å². The number of halogens is 3. The third kappa shape index (κ3) is 2.16. The first kappa shape index (κ1) is 9.91. The van der Waals surface area contributed by atoms with E-state index in [1.54, 1.807) is 24.3 Å². The molecule has 0 aromatic heterocycles. The van der Waals surface area contributed by atoms with Gasteiger partial charge in [0, 0.05) is 10.6 Å². The summed E-state index contributed by atoms with van der Waals surface area (Å²) in [6.07, 6.45) is 3.36. The summed E-state index contributed by atoms with van der Waals surface area (Å²) < 4.78 is 0. The lowest BCUT2D eigenvalue weighted by molar-refractivity contribution is 1.65. The molecule has 1 aromatic carbocycles. The summed E-state index contributed by atoms with van der Waals surface area (Å²) in [7, 11) is 0. The molecular formula is C9H6Cl3. The van der Waals surface area contributed by atoms with Gasteiger partial charge in [0.05, 0.1) is 10.0 Å². The Labute approximate surface area is 86.7 Å². The number of rotatable bonds is 1. The SMILES string of the molecule is [CH2]C=Cc1c(Cl)cc(Cl)cc1Cl. The van der Waals surface area contributed by atoms with Gasteiger partial charge in [-0.05, 0) is 19.1 Å². The van der Waals surface area contributed by atoms with Gasteiger partial charge in [-0.2, -0.15) is 0 Å². The lowest BCUT2D eigenvalue weighted by atomic mass is 10.2. The van der Waals surface area contributed by atoms with E-state index in [4.69, 9.17) is 34.8 Å². The first-order chi connectivity index (χ1) is 5.65. The van der Waals surface area contributed by atoms with E-state index in [-0.39, 0.29) is 0 Å².